The Morgan fingerprint density at radius 3 is 2.75 bits per heavy atom. The normalized spacial score (nSPS) is 30.3. The van der Waals surface area contributed by atoms with Crippen molar-refractivity contribution in [3.8, 4) is 22.1 Å². The molecule has 0 radical (unpaired) electrons. The van der Waals surface area contributed by atoms with Gasteiger partial charge in [0.05, 0.1) is 14.2 Å². The third-order valence-corrected chi connectivity index (χ3v) is 8.00. The van der Waals surface area contributed by atoms with Crippen molar-refractivity contribution in [2.45, 2.75) is 38.1 Å². The van der Waals surface area contributed by atoms with E-state index in [1.807, 2.05) is 23.6 Å². The fourth-order valence-electron chi connectivity index (χ4n) is 5.96. The van der Waals surface area contributed by atoms with Gasteiger partial charge in [0.1, 0.15) is 10.7 Å². The monoisotopic (exact) mass is 398 g/mol. The van der Waals surface area contributed by atoms with E-state index >= 15 is 0 Å². The zero-order valence-corrected chi connectivity index (χ0v) is 17.1. The lowest BCUT2D eigenvalue weighted by Crippen LogP contribution is -2.42. The second-order valence-corrected chi connectivity index (χ2v) is 9.20. The van der Waals surface area contributed by atoms with Crippen LogP contribution < -0.4 is 14.8 Å². The molecule has 148 valence electrons. The van der Waals surface area contributed by atoms with Gasteiger partial charge in [-0.1, -0.05) is 6.42 Å². The van der Waals surface area contributed by atoms with Crippen LogP contribution in [0.1, 0.15) is 42.6 Å². The Morgan fingerprint density at radius 2 is 1.93 bits per heavy atom. The molecule has 5 rings (SSSR count). The lowest BCUT2D eigenvalue weighted by atomic mass is 9.79. The Labute approximate surface area is 169 Å². The molecule has 6 heteroatoms. The number of methoxy groups -OCH3 is 2. The number of thiazole rings is 1. The molecular formula is C22H26N2O3S. The van der Waals surface area contributed by atoms with Crippen LogP contribution in [0, 0.1) is 23.7 Å². The van der Waals surface area contributed by atoms with E-state index in [0.29, 0.717) is 29.2 Å². The molecule has 1 heterocycles. The van der Waals surface area contributed by atoms with Crippen molar-refractivity contribution < 1.29 is 14.3 Å². The van der Waals surface area contributed by atoms with E-state index in [0.717, 1.165) is 34.7 Å². The molecule has 0 saturated heterocycles. The Balaban J connectivity index is 1.29. The van der Waals surface area contributed by atoms with Crippen molar-refractivity contribution in [2.24, 2.45) is 23.7 Å². The lowest BCUT2D eigenvalue weighted by molar-refractivity contribution is 0.0897. The van der Waals surface area contributed by atoms with Crippen molar-refractivity contribution in [1.29, 1.82) is 0 Å². The van der Waals surface area contributed by atoms with Crippen molar-refractivity contribution >= 4 is 17.2 Å². The van der Waals surface area contributed by atoms with E-state index in [1.54, 1.807) is 14.2 Å². The number of benzene rings is 1. The number of nitrogens with one attached hydrogen (secondary N) is 1. The predicted molar refractivity (Wildman–Crippen MR) is 109 cm³/mol. The first kappa shape index (κ1) is 18.0. The highest BCUT2D eigenvalue weighted by molar-refractivity contribution is 7.13. The summed E-state index contributed by atoms with van der Waals surface area (Å²) in [5.41, 5.74) is 1.44. The number of amides is 1. The summed E-state index contributed by atoms with van der Waals surface area (Å²) in [6, 6.07) is 6.04. The highest BCUT2D eigenvalue weighted by Gasteiger charge is 2.54. The van der Waals surface area contributed by atoms with Gasteiger partial charge in [0, 0.05) is 17.0 Å². The Kier molecular flexibility index (Phi) is 4.54. The average Bonchev–Trinajstić information content (AvgIpc) is 3.48. The van der Waals surface area contributed by atoms with E-state index in [-0.39, 0.29) is 5.91 Å². The van der Waals surface area contributed by atoms with Crippen LogP contribution in [-0.4, -0.2) is 31.2 Å². The number of aromatic nitrogens is 1. The number of carbonyl (C=O) groups excluding carboxylic acids is 1. The van der Waals surface area contributed by atoms with Gasteiger partial charge in [-0.3, -0.25) is 4.79 Å². The van der Waals surface area contributed by atoms with Gasteiger partial charge in [-0.05, 0) is 67.6 Å². The number of fused-ring (bicyclic) bond motifs is 5. The minimum Gasteiger partial charge on any atom is -0.493 e. The second kappa shape index (κ2) is 7.07. The lowest BCUT2D eigenvalue weighted by Gasteiger charge is -2.31. The summed E-state index contributed by atoms with van der Waals surface area (Å²) in [5, 5.41) is 5.97. The third-order valence-electron chi connectivity index (χ3n) is 7.11. The third kappa shape index (κ3) is 2.89. The van der Waals surface area contributed by atoms with Gasteiger partial charge in [0.2, 0.25) is 0 Å². The molecule has 3 saturated carbocycles. The summed E-state index contributed by atoms with van der Waals surface area (Å²) in [4.78, 5) is 17.4. The molecular weight excluding hydrogens is 372 g/mol. The van der Waals surface area contributed by atoms with E-state index in [2.05, 4.69) is 10.3 Å². The molecule has 1 aromatic carbocycles. The van der Waals surface area contributed by atoms with Crippen LogP contribution in [0.25, 0.3) is 10.6 Å². The number of hydrogen-bond acceptors (Lipinski definition) is 5. The van der Waals surface area contributed by atoms with Crippen LogP contribution in [-0.2, 0) is 0 Å². The van der Waals surface area contributed by atoms with E-state index in [4.69, 9.17) is 9.47 Å². The number of nitrogens with zero attached hydrogens (tertiary/aromatic N) is 1. The van der Waals surface area contributed by atoms with Crippen molar-refractivity contribution in [3.63, 3.8) is 0 Å². The molecule has 3 fully saturated rings. The highest BCUT2D eigenvalue weighted by atomic mass is 32.1. The van der Waals surface area contributed by atoms with E-state index < -0.39 is 0 Å². The molecule has 5 atom stereocenters. The van der Waals surface area contributed by atoms with Crippen LogP contribution >= 0.6 is 11.3 Å². The number of rotatable bonds is 5. The van der Waals surface area contributed by atoms with Gasteiger partial charge in [0.25, 0.3) is 5.91 Å². The van der Waals surface area contributed by atoms with Crippen LogP contribution in [0.4, 0.5) is 0 Å². The van der Waals surface area contributed by atoms with Crippen LogP contribution in [0.15, 0.2) is 23.6 Å². The van der Waals surface area contributed by atoms with Crippen molar-refractivity contribution in [2.75, 3.05) is 14.2 Å². The molecule has 1 N–H and O–H groups in total. The van der Waals surface area contributed by atoms with Gasteiger partial charge in [-0.25, -0.2) is 4.98 Å². The first-order valence-electron chi connectivity index (χ1n) is 10.2. The molecule has 3 aliphatic rings. The molecule has 1 aromatic heterocycles. The maximum absolute atomic E-state index is 12.8. The second-order valence-electron chi connectivity index (χ2n) is 8.34. The standard InChI is InChI=1S/C22H26N2O3S/c1-26-19-7-6-12(10-20(19)27-2)22-24-18(11-28-22)21(25)23-17-9-13-8-16(17)15-5-3-4-14(13)15/h6-7,10-11,13-17H,3-5,8-9H2,1-2H3,(H,23,25)/t13-,14+,15-,16+,17-/m1/s1. The molecule has 2 bridgehead atoms. The Morgan fingerprint density at radius 1 is 1.11 bits per heavy atom. The van der Waals surface area contributed by atoms with Gasteiger partial charge >= 0.3 is 0 Å². The smallest absolute Gasteiger partial charge is 0.271 e. The predicted octanol–water partition coefficient (Wildman–Crippen LogP) is 4.38. The first-order chi connectivity index (χ1) is 13.7. The molecule has 3 aliphatic carbocycles. The molecule has 28 heavy (non-hydrogen) atoms. The van der Waals surface area contributed by atoms with Crippen molar-refractivity contribution in [1.82, 2.24) is 10.3 Å². The zero-order chi connectivity index (χ0) is 19.3. The Hall–Kier alpha value is -2.08. The molecule has 0 unspecified atom stereocenters. The zero-order valence-electron chi connectivity index (χ0n) is 16.3. The van der Waals surface area contributed by atoms with Crippen LogP contribution in [0.5, 0.6) is 11.5 Å². The van der Waals surface area contributed by atoms with Gasteiger partial charge in [-0.2, -0.15) is 0 Å². The van der Waals surface area contributed by atoms with E-state index in [1.165, 1.54) is 37.0 Å². The van der Waals surface area contributed by atoms with E-state index in [9.17, 15) is 4.79 Å². The van der Waals surface area contributed by atoms with Gasteiger partial charge in [0.15, 0.2) is 11.5 Å². The van der Waals surface area contributed by atoms with Gasteiger partial charge < -0.3 is 14.8 Å². The molecule has 0 aliphatic heterocycles. The summed E-state index contributed by atoms with van der Waals surface area (Å²) in [6.07, 6.45) is 6.62. The number of carbonyl (C=O) groups is 1. The fourth-order valence-corrected chi connectivity index (χ4v) is 6.75. The molecule has 0 spiro atoms. The Bertz CT molecular complexity index is 896. The maximum Gasteiger partial charge on any atom is 0.271 e. The quantitative estimate of drug-likeness (QED) is 0.812. The average molecular weight is 399 g/mol. The largest absolute Gasteiger partial charge is 0.493 e. The summed E-state index contributed by atoms with van der Waals surface area (Å²) < 4.78 is 10.7. The summed E-state index contributed by atoms with van der Waals surface area (Å²) in [7, 11) is 3.24. The molecule has 1 amide bonds. The number of ether oxygens (including phenoxy) is 2. The highest BCUT2D eigenvalue weighted by Crippen LogP contribution is 2.58. The SMILES string of the molecule is COc1ccc(-c2nc(C(=O)N[C@@H]3C[C@H]4C[C@H]3[C@@H]3CCC[C@@H]43)cs2)cc1OC. The molecule has 5 nitrogen and oxygen atoms in total. The minimum absolute atomic E-state index is 0.0323. The van der Waals surface area contributed by atoms with Crippen LogP contribution in [0.3, 0.4) is 0 Å². The summed E-state index contributed by atoms with van der Waals surface area (Å²) in [6.45, 7) is 0. The van der Waals surface area contributed by atoms with Gasteiger partial charge in [-0.15, -0.1) is 11.3 Å². The first-order valence-corrected chi connectivity index (χ1v) is 11.0. The van der Waals surface area contributed by atoms with Crippen LogP contribution in [0.2, 0.25) is 0 Å². The number of hydrogen-bond donors (Lipinski definition) is 1. The fraction of sp³-hybridized carbons (Fsp3) is 0.545. The summed E-state index contributed by atoms with van der Waals surface area (Å²) in [5.74, 6) is 4.62. The topological polar surface area (TPSA) is 60.5 Å². The minimum atomic E-state index is -0.0323. The molecule has 2 aromatic rings. The van der Waals surface area contributed by atoms with Crippen molar-refractivity contribution in [3.05, 3.63) is 29.3 Å². The maximum atomic E-state index is 12.8. The summed E-state index contributed by atoms with van der Waals surface area (Å²) >= 11 is 1.48.